The molecule has 3 aromatic rings. The van der Waals surface area contributed by atoms with Crippen molar-refractivity contribution in [2.45, 2.75) is 19.6 Å². The highest BCUT2D eigenvalue weighted by atomic mass is 19.4. The molecule has 1 N–H and O–H groups in total. The zero-order chi connectivity index (χ0) is 15.9. The molecule has 0 amide bonds. The largest absolute Gasteiger partial charge is 0.418 e. The van der Waals surface area contributed by atoms with Crippen molar-refractivity contribution in [1.82, 2.24) is 9.55 Å². The zero-order valence-electron chi connectivity index (χ0n) is 11.7. The molecule has 0 atom stereocenters. The number of imidazole rings is 1. The van der Waals surface area contributed by atoms with Gasteiger partial charge in [0.05, 0.1) is 23.1 Å². The molecule has 2 aromatic carbocycles. The number of aromatic amines is 1. The number of aryl methyl sites for hydroxylation is 1. The van der Waals surface area contributed by atoms with Gasteiger partial charge < -0.3 is 4.98 Å². The van der Waals surface area contributed by atoms with Crippen LogP contribution >= 0.6 is 0 Å². The van der Waals surface area contributed by atoms with Gasteiger partial charge in [-0.2, -0.15) is 13.2 Å². The number of fused-ring (bicyclic) bond motifs is 1. The maximum atomic E-state index is 13.2. The number of nitrogens with one attached hydrogen (secondary N) is 1. The lowest BCUT2D eigenvalue weighted by Gasteiger charge is -2.11. The number of nitrogens with zero attached hydrogens (tertiary/aromatic N) is 1. The van der Waals surface area contributed by atoms with Crippen molar-refractivity contribution < 1.29 is 13.2 Å². The van der Waals surface area contributed by atoms with E-state index in [0.717, 1.165) is 21.8 Å². The summed E-state index contributed by atoms with van der Waals surface area (Å²) < 4.78 is 40.6. The maximum absolute atomic E-state index is 13.2. The summed E-state index contributed by atoms with van der Waals surface area (Å²) in [5.74, 6) is 0. The normalized spacial score (nSPS) is 12.0. The quantitative estimate of drug-likeness (QED) is 0.770. The number of rotatable bonds is 2. The van der Waals surface area contributed by atoms with E-state index in [4.69, 9.17) is 0 Å². The first-order valence-corrected chi connectivity index (χ1v) is 6.70. The molecule has 6 heteroatoms. The lowest BCUT2D eigenvalue weighted by molar-refractivity contribution is -0.136. The van der Waals surface area contributed by atoms with E-state index >= 15 is 0 Å². The second-order valence-electron chi connectivity index (χ2n) is 5.20. The van der Waals surface area contributed by atoms with Crippen LogP contribution in [0.25, 0.3) is 11.0 Å². The van der Waals surface area contributed by atoms with Crippen LogP contribution in [-0.2, 0) is 12.7 Å². The third-order valence-electron chi connectivity index (χ3n) is 3.56. The van der Waals surface area contributed by atoms with Crippen LogP contribution in [0.1, 0.15) is 16.7 Å². The molecule has 0 aliphatic rings. The number of H-pyrrole nitrogens is 1. The molecule has 22 heavy (non-hydrogen) atoms. The lowest BCUT2D eigenvalue weighted by Crippen LogP contribution is -2.19. The van der Waals surface area contributed by atoms with Gasteiger partial charge >= 0.3 is 11.9 Å². The van der Waals surface area contributed by atoms with Crippen LogP contribution in [-0.4, -0.2) is 9.55 Å². The van der Waals surface area contributed by atoms with E-state index in [1.54, 1.807) is 12.1 Å². The van der Waals surface area contributed by atoms with Crippen molar-refractivity contribution in [3.05, 3.63) is 69.6 Å². The predicted octanol–water partition coefficient (Wildman–Crippen LogP) is 3.71. The molecule has 0 aliphatic heterocycles. The van der Waals surface area contributed by atoms with Gasteiger partial charge in [-0.05, 0) is 24.6 Å². The smallest absolute Gasteiger partial charge is 0.306 e. The molecule has 0 aliphatic carbocycles. The summed E-state index contributed by atoms with van der Waals surface area (Å²) in [4.78, 5) is 14.5. The van der Waals surface area contributed by atoms with Gasteiger partial charge in [-0.3, -0.25) is 4.57 Å². The van der Waals surface area contributed by atoms with E-state index in [-0.39, 0.29) is 17.6 Å². The van der Waals surface area contributed by atoms with Crippen molar-refractivity contribution >= 4 is 11.0 Å². The number of para-hydroxylation sites is 1. The Morgan fingerprint density at radius 1 is 1.09 bits per heavy atom. The third-order valence-corrected chi connectivity index (χ3v) is 3.56. The monoisotopic (exact) mass is 306 g/mol. The minimum atomic E-state index is -4.51. The first-order valence-electron chi connectivity index (χ1n) is 6.70. The van der Waals surface area contributed by atoms with E-state index < -0.39 is 17.4 Å². The van der Waals surface area contributed by atoms with Gasteiger partial charge in [-0.25, -0.2) is 4.79 Å². The Morgan fingerprint density at radius 3 is 2.41 bits per heavy atom. The molecule has 0 saturated heterocycles. The van der Waals surface area contributed by atoms with E-state index in [0.29, 0.717) is 0 Å². The minimum Gasteiger partial charge on any atom is -0.306 e. The Hall–Kier alpha value is -2.50. The highest BCUT2D eigenvalue weighted by Gasteiger charge is 2.34. The molecule has 1 aromatic heterocycles. The summed E-state index contributed by atoms with van der Waals surface area (Å²) in [7, 11) is 0. The van der Waals surface area contributed by atoms with Gasteiger partial charge in [0, 0.05) is 0 Å². The Kier molecular flexibility index (Phi) is 3.31. The fourth-order valence-electron chi connectivity index (χ4n) is 2.48. The average molecular weight is 306 g/mol. The number of hydrogen-bond acceptors (Lipinski definition) is 1. The van der Waals surface area contributed by atoms with Gasteiger partial charge in [-0.1, -0.05) is 35.9 Å². The summed E-state index contributed by atoms with van der Waals surface area (Å²) in [5.41, 5.74) is 0.534. The summed E-state index contributed by atoms with van der Waals surface area (Å²) in [6.07, 6.45) is -4.51. The number of hydrogen-bond donors (Lipinski definition) is 1. The fourth-order valence-corrected chi connectivity index (χ4v) is 2.48. The Labute approximate surface area is 124 Å². The maximum Gasteiger partial charge on any atom is 0.418 e. The van der Waals surface area contributed by atoms with Gasteiger partial charge in [0.15, 0.2) is 0 Å². The zero-order valence-corrected chi connectivity index (χ0v) is 11.7. The molecule has 3 rings (SSSR count). The fraction of sp³-hybridized carbons (Fsp3) is 0.188. The molecular weight excluding hydrogens is 293 g/mol. The van der Waals surface area contributed by atoms with Crippen LogP contribution < -0.4 is 5.69 Å². The Morgan fingerprint density at radius 2 is 1.77 bits per heavy atom. The van der Waals surface area contributed by atoms with Crippen LogP contribution in [0, 0.1) is 6.92 Å². The second-order valence-corrected chi connectivity index (χ2v) is 5.20. The number of aromatic nitrogens is 2. The molecular formula is C16H13F3N2O. The van der Waals surface area contributed by atoms with Gasteiger partial charge in [0.25, 0.3) is 0 Å². The highest BCUT2D eigenvalue weighted by Crippen LogP contribution is 2.34. The van der Waals surface area contributed by atoms with Crippen molar-refractivity contribution in [3.8, 4) is 0 Å². The molecule has 114 valence electrons. The predicted molar refractivity (Wildman–Crippen MR) is 77.8 cm³/mol. The van der Waals surface area contributed by atoms with Crippen LogP contribution in [0.2, 0.25) is 0 Å². The van der Waals surface area contributed by atoms with Crippen molar-refractivity contribution in [1.29, 1.82) is 0 Å². The number of alkyl halides is 3. The Bertz CT molecular complexity index is 873. The number of halogens is 3. The second kappa shape index (κ2) is 5.05. The van der Waals surface area contributed by atoms with Crippen LogP contribution in [0.3, 0.4) is 0 Å². The molecule has 1 heterocycles. The molecule has 0 fully saturated rings. The van der Waals surface area contributed by atoms with Crippen molar-refractivity contribution in [2.75, 3.05) is 0 Å². The van der Waals surface area contributed by atoms with E-state index in [2.05, 4.69) is 4.98 Å². The molecule has 3 nitrogen and oxygen atoms in total. The van der Waals surface area contributed by atoms with E-state index in [9.17, 15) is 18.0 Å². The van der Waals surface area contributed by atoms with E-state index in [1.165, 1.54) is 12.1 Å². The summed E-state index contributed by atoms with van der Waals surface area (Å²) in [6, 6.07) is 11.1. The minimum absolute atomic E-state index is 0.0895. The van der Waals surface area contributed by atoms with Crippen molar-refractivity contribution in [2.24, 2.45) is 0 Å². The van der Waals surface area contributed by atoms with Gasteiger partial charge in [0.2, 0.25) is 0 Å². The lowest BCUT2D eigenvalue weighted by atomic mass is 10.1. The first kappa shape index (κ1) is 14.4. The van der Waals surface area contributed by atoms with Gasteiger partial charge in [0.1, 0.15) is 0 Å². The molecule has 0 radical (unpaired) electrons. The topological polar surface area (TPSA) is 37.8 Å². The highest BCUT2D eigenvalue weighted by molar-refractivity contribution is 5.79. The summed E-state index contributed by atoms with van der Waals surface area (Å²) >= 11 is 0. The average Bonchev–Trinajstić information content (AvgIpc) is 2.76. The Balaban J connectivity index is 2.18. The SMILES string of the molecule is Cc1ccc(Cn2c(=O)[nH]c3cccc(C(F)(F)F)c32)cc1. The summed E-state index contributed by atoms with van der Waals surface area (Å²) in [5, 5.41) is 0. The standard InChI is InChI=1S/C16H13F3N2O/c1-10-5-7-11(8-6-10)9-21-14-12(16(17,18)19)3-2-4-13(14)20-15(21)22/h2-8H,9H2,1H3,(H,20,22). The molecule has 0 saturated carbocycles. The number of benzene rings is 2. The van der Waals surface area contributed by atoms with E-state index in [1.807, 2.05) is 19.1 Å². The van der Waals surface area contributed by atoms with Crippen molar-refractivity contribution in [3.63, 3.8) is 0 Å². The summed E-state index contributed by atoms with van der Waals surface area (Å²) in [6.45, 7) is 2.01. The van der Waals surface area contributed by atoms with Crippen LogP contribution in [0.5, 0.6) is 0 Å². The first-order chi connectivity index (χ1) is 10.4. The van der Waals surface area contributed by atoms with Gasteiger partial charge in [-0.15, -0.1) is 0 Å². The van der Waals surface area contributed by atoms with Crippen LogP contribution in [0.4, 0.5) is 13.2 Å². The molecule has 0 unspecified atom stereocenters. The molecule has 0 spiro atoms. The third kappa shape index (κ3) is 2.52. The van der Waals surface area contributed by atoms with Crippen LogP contribution in [0.15, 0.2) is 47.3 Å². The molecule has 0 bridgehead atoms.